The van der Waals surface area contributed by atoms with Crippen molar-refractivity contribution in [1.29, 1.82) is 0 Å². The number of aromatic amines is 1. The maximum absolute atomic E-state index is 12.7. The third kappa shape index (κ3) is 2.28. The van der Waals surface area contributed by atoms with Crippen LogP contribution in [0.2, 0.25) is 0 Å². The van der Waals surface area contributed by atoms with Crippen LogP contribution in [0.5, 0.6) is 0 Å². The number of nitrogens with one attached hydrogen (secondary N) is 1. The number of nitrogens with zero attached hydrogens (tertiary/aromatic N) is 3. The largest absolute Gasteiger partial charge is 0.329 e. The Kier molecular flexibility index (Phi) is 3.23. The standard InChI is InChI=1S/C18H14N4O2/c1-11-7-8-14-13(9-11)15-16(21-20-14)17(23)22(18(24)19-15)10-12-5-3-2-4-6-12/h2-9H,10H2,1H3,(H,19,24). The molecule has 0 saturated heterocycles. The number of benzene rings is 2. The molecule has 2 aromatic carbocycles. The quantitative estimate of drug-likeness (QED) is 0.573. The van der Waals surface area contributed by atoms with Crippen LogP contribution in [-0.4, -0.2) is 19.7 Å². The zero-order valence-electron chi connectivity index (χ0n) is 13.0. The van der Waals surface area contributed by atoms with Gasteiger partial charge in [0, 0.05) is 5.39 Å². The van der Waals surface area contributed by atoms with Crippen LogP contribution in [0.15, 0.2) is 58.1 Å². The molecule has 0 fully saturated rings. The van der Waals surface area contributed by atoms with E-state index < -0.39 is 11.2 Å². The van der Waals surface area contributed by atoms with E-state index in [2.05, 4.69) is 15.2 Å². The van der Waals surface area contributed by atoms with E-state index >= 15 is 0 Å². The second kappa shape index (κ2) is 5.42. The molecule has 0 unspecified atom stereocenters. The summed E-state index contributed by atoms with van der Waals surface area (Å²) in [5.74, 6) is 0. The first kappa shape index (κ1) is 14.3. The van der Waals surface area contributed by atoms with E-state index in [4.69, 9.17) is 0 Å². The van der Waals surface area contributed by atoms with Gasteiger partial charge in [-0.15, -0.1) is 10.2 Å². The van der Waals surface area contributed by atoms with Gasteiger partial charge in [-0.25, -0.2) is 4.79 Å². The lowest BCUT2D eigenvalue weighted by Crippen LogP contribution is -2.36. The monoisotopic (exact) mass is 318 g/mol. The summed E-state index contributed by atoms with van der Waals surface area (Å²) >= 11 is 0. The van der Waals surface area contributed by atoms with E-state index in [-0.39, 0.29) is 12.1 Å². The summed E-state index contributed by atoms with van der Waals surface area (Å²) < 4.78 is 1.15. The summed E-state index contributed by atoms with van der Waals surface area (Å²) in [6.07, 6.45) is 0. The SMILES string of the molecule is Cc1ccc2nnc3c(=O)n(Cc4ccccc4)c(=O)[nH]c3c2c1. The summed E-state index contributed by atoms with van der Waals surface area (Å²) in [6, 6.07) is 15.0. The molecule has 0 bridgehead atoms. The van der Waals surface area contributed by atoms with Gasteiger partial charge in [0.05, 0.1) is 17.6 Å². The molecule has 4 rings (SSSR count). The molecular formula is C18H14N4O2. The van der Waals surface area contributed by atoms with Crippen LogP contribution in [0.25, 0.3) is 21.9 Å². The lowest BCUT2D eigenvalue weighted by molar-refractivity contribution is 0.708. The van der Waals surface area contributed by atoms with Crippen molar-refractivity contribution in [3.63, 3.8) is 0 Å². The Labute approximate surface area is 136 Å². The average Bonchev–Trinajstić information content (AvgIpc) is 2.59. The van der Waals surface area contributed by atoms with Gasteiger partial charge in [-0.3, -0.25) is 9.36 Å². The predicted octanol–water partition coefficient (Wildman–Crippen LogP) is 1.99. The fourth-order valence-electron chi connectivity index (χ4n) is 2.80. The van der Waals surface area contributed by atoms with Crippen molar-refractivity contribution in [2.75, 3.05) is 0 Å². The molecule has 118 valence electrons. The molecule has 24 heavy (non-hydrogen) atoms. The van der Waals surface area contributed by atoms with Gasteiger partial charge in [0.15, 0.2) is 5.52 Å². The molecule has 0 amide bonds. The Balaban J connectivity index is 2.00. The van der Waals surface area contributed by atoms with Gasteiger partial charge in [0.25, 0.3) is 5.56 Å². The van der Waals surface area contributed by atoms with E-state index in [1.165, 1.54) is 0 Å². The van der Waals surface area contributed by atoms with Crippen molar-refractivity contribution >= 4 is 21.9 Å². The van der Waals surface area contributed by atoms with Gasteiger partial charge in [-0.2, -0.15) is 0 Å². The number of aromatic nitrogens is 4. The highest BCUT2D eigenvalue weighted by Gasteiger charge is 2.13. The number of fused-ring (bicyclic) bond motifs is 3. The molecule has 6 nitrogen and oxygen atoms in total. The maximum atomic E-state index is 12.7. The molecule has 0 aliphatic heterocycles. The molecule has 0 aliphatic carbocycles. The molecule has 0 spiro atoms. The smallest absolute Gasteiger partial charge is 0.305 e. The lowest BCUT2D eigenvalue weighted by Gasteiger charge is -2.07. The summed E-state index contributed by atoms with van der Waals surface area (Å²) in [5, 5.41) is 8.86. The number of hydrogen-bond acceptors (Lipinski definition) is 4. The predicted molar refractivity (Wildman–Crippen MR) is 92.2 cm³/mol. The van der Waals surface area contributed by atoms with E-state index in [0.29, 0.717) is 11.0 Å². The van der Waals surface area contributed by atoms with Crippen LogP contribution < -0.4 is 11.2 Å². The first-order valence-corrected chi connectivity index (χ1v) is 7.57. The molecular weight excluding hydrogens is 304 g/mol. The number of H-pyrrole nitrogens is 1. The molecule has 0 aliphatic rings. The summed E-state index contributed by atoms with van der Waals surface area (Å²) in [6.45, 7) is 2.14. The first-order chi connectivity index (χ1) is 11.6. The van der Waals surface area contributed by atoms with Gasteiger partial charge >= 0.3 is 5.69 Å². The fraction of sp³-hybridized carbons (Fsp3) is 0.111. The first-order valence-electron chi connectivity index (χ1n) is 7.57. The summed E-state index contributed by atoms with van der Waals surface area (Å²) in [4.78, 5) is 28.0. The summed E-state index contributed by atoms with van der Waals surface area (Å²) in [7, 11) is 0. The second-order valence-corrected chi connectivity index (χ2v) is 5.75. The van der Waals surface area contributed by atoms with E-state index in [0.717, 1.165) is 21.1 Å². The second-order valence-electron chi connectivity index (χ2n) is 5.75. The Morgan fingerprint density at radius 1 is 1.04 bits per heavy atom. The highest BCUT2D eigenvalue weighted by molar-refractivity contribution is 6.00. The minimum absolute atomic E-state index is 0.170. The Morgan fingerprint density at radius 3 is 2.62 bits per heavy atom. The van der Waals surface area contributed by atoms with E-state index in [1.807, 2.05) is 55.5 Å². The maximum Gasteiger partial charge on any atom is 0.329 e. The third-order valence-corrected chi connectivity index (χ3v) is 4.02. The molecule has 2 aromatic heterocycles. The van der Waals surface area contributed by atoms with Gasteiger partial charge in [-0.05, 0) is 24.6 Å². The number of hydrogen-bond donors (Lipinski definition) is 1. The van der Waals surface area contributed by atoms with E-state index in [1.54, 1.807) is 0 Å². The molecule has 2 heterocycles. The van der Waals surface area contributed by atoms with Crippen molar-refractivity contribution in [3.05, 3.63) is 80.5 Å². The lowest BCUT2D eigenvalue weighted by atomic mass is 10.1. The Bertz CT molecular complexity index is 1180. The molecule has 4 aromatic rings. The minimum Gasteiger partial charge on any atom is -0.305 e. The zero-order valence-corrected chi connectivity index (χ0v) is 13.0. The van der Waals surface area contributed by atoms with Gasteiger partial charge in [0.2, 0.25) is 0 Å². The number of aryl methyl sites for hydroxylation is 1. The normalized spacial score (nSPS) is 11.2. The number of rotatable bonds is 2. The Morgan fingerprint density at radius 2 is 1.83 bits per heavy atom. The fourth-order valence-corrected chi connectivity index (χ4v) is 2.80. The van der Waals surface area contributed by atoms with Crippen molar-refractivity contribution in [3.8, 4) is 0 Å². The molecule has 0 atom stereocenters. The highest BCUT2D eigenvalue weighted by atomic mass is 16.2. The van der Waals surface area contributed by atoms with Crippen LogP contribution in [0.4, 0.5) is 0 Å². The van der Waals surface area contributed by atoms with Crippen molar-refractivity contribution in [1.82, 2.24) is 19.7 Å². The van der Waals surface area contributed by atoms with Crippen LogP contribution in [0, 0.1) is 6.92 Å². The van der Waals surface area contributed by atoms with Crippen molar-refractivity contribution in [2.24, 2.45) is 0 Å². The van der Waals surface area contributed by atoms with E-state index in [9.17, 15) is 9.59 Å². The van der Waals surface area contributed by atoms with Crippen molar-refractivity contribution in [2.45, 2.75) is 13.5 Å². The van der Waals surface area contributed by atoms with Crippen LogP contribution in [-0.2, 0) is 6.54 Å². The average molecular weight is 318 g/mol. The van der Waals surface area contributed by atoms with Crippen molar-refractivity contribution < 1.29 is 0 Å². The zero-order chi connectivity index (χ0) is 16.7. The van der Waals surface area contributed by atoms with Gasteiger partial charge in [0.1, 0.15) is 0 Å². The Hall–Kier alpha value is -3.28. The van der Waals surface area contributed by atoms with Crippen LogP contribution >= 0.6 is 0 Å². The van der Waals surface area contributed by atoms with Crippen LogP contribution in [0.3, 0.4) is 0 Å². The molecule has 0 radical (unpaired) electrons. The molecule has 6 heteroatoms. The topological polar surface area (TPSA) is 80.6 Å². The highest BCUT2D eigenvalue weighted by Crippen LogP contribution is 2.18. The van der Waals surface area contributed by atoms with Gasteiger partial charge < -0.3 is 4.98 Å². The summed E-state index contributed by atoms with van der Waals surface area (Å²) in [5.41, 5.74) is 2.25. The molecule has 1 N–H and O–H groups in total. The van der Waals surface area contributed by atoms with Gasteiger partial charge in [-0.1, -0.05) is 42.0 Å². The minimum atomic E-state index is -0.452. The molecule has 0 saturated carbocycles. The third-order valence-electron chi connectivity index (χ3n) is 4.02. The van der Waals surface area contributed by atoms with Crippen LogP contribution in [0.1, 0.15) is 11.1 Å².